The van der Waals surface area contributed by atoms with Gasteiger partial charge in [-0.15, -0.1) is 0 Å². The Balaban J connectivity index is 1.62. The molecule has 2 atom stereocenters. The van der Waals surface area contributed by atoms with Gasteiger partial charge in [0.05, 0.1) is 0 Å². The van der Waals surface area contributed by atoms with Crippen molar-refractivity contribution in [1.82, 2.24) is 15.8 Å². The number of hydrazine groups is 1. The van der Waals surface area contributed by atoms with Gasteiger partial charge in [0.25, 0.3) is 0 Å². The van der Waals surface area contributed by atoms with Crippen LogP contribution in [-0.4, -0.2) is 37.1 Å². The van der Waals surface area contributed by atoms with Gasteiger partial charge in [-0.2, -0.15) is 0 Å². The molecule has 0 amide bonds. The van der Waals surface area contributed by atoms with Crippen LogP contribution in [0.15, 0.2) is 24.3 Å². The maximum Gasteiger partial charge on any atom is 0.0323 e. The second-order valence-electron chi connectivity index (χ2n) is 7.60. The molecule has 2 heterocycles. The lowest BCUT2D eigenvalue weighted by molar-refractivity contribution is 0.145. The highest BCUT2D eigenvalue weighted by atomic mass is 15.4. The van der Waals surface area contributed by atoms with Crippen LogP contribution in [0.3, 0.4) is 0 Å². The van der Waals surface area contributed by atoms with Crippen LogP contribution >= 0.6 is 0 Å². The Hall–Kier alpha value is -0.900. The smallest absolute Gasteiger partial charge is 0.0323 e. The van der Waals surface area contributed by atoms with Gasteiger partial charge in [0, 0.05) is 25.0 Å². The van der Waals surface area contributed by atoms with Crippen LogP contribution in [0.25, 0.3) is 0 Å². The highest BCUT2D eigenvalue weighted by Gasteiger charge is 2.36. The third-order valence-corrected chi connectivity index (χ3v) is 5.26. The van der Waals surface area contributed by atoms with Gasteiger partial charge in [-0.3, -0.25) is 10.9 Å². The maximum absolute atomic E-state index is 3.58. The molecule has 0 aliphatic carbocycles. The first-order valence-electron chi connectivity index (χ1n) is 8.91. The summed E-state index contributed by atoms with van der Waals surface area (Å²) >= 11 is 0. The molecule has 2 aliphatic rings. The van der Waals surface area contributed by atoms with Crippen molar-refractivity contribution in [2.45, 2.75) is 45.6 Å². The second-order valence-corrected chi connectivity index (χ2v) is 7.60. The van der Waals surface area contributed by atoms with Crippen molar-refractivity contribution in [1.29, 1.82) is 0 Å². The minimum absolute atomic E-state index is 0.586. The molecule has 2 N–H and O–H groups in total. The van der Waals surface area contributed by atoms with E-state index in [1.165, 1.54) is 43.6 Å². The zero-order valence-electron chi connectivity index (χ0n) is 14.3. The molecular formula is C19H31N3. The molecular weight excluding hydrogens is 270 g/mol. The molecule has 0 spiro atoms. The zero-order chi connectivity index (χ0) is 15.5. The molecule has 22 heavy (non-hydrogen) atoms. The molecule has 3 nitrogen and oxygen atoms in total. The van der Waals surface area contributed by atoms with Gasteiger partial charge in [0.1, 0.15) is 0 Å². The predicted octanol–water partition coefficient (Wildman–Crippen LogP) is 2.92. The first-order valence-corrected chi connectivity index (χ1v) is 8.91. The summed E-state index contributed by atoms with van der Waals surface area (Å²) in [6, 6.07) is 9.64. The first-order chi connectivity index (χ1) is 10.6. The van der Waals surface area contributed by atoms with Gasteiger partial charge in [-0.1, -0.05) is 43.7 Å². The number of hydrogen-bond acceptors (Lipinski definition) is 3. The predicted molar refractivity (Wildman–Crippen MR) is 92.8 cm³/mol. The molecule has 2 fully saturated rings. The number of nitrogens with one attached hydrogen (secondary N) is 2. The number of nitrogens with zero attached hydrogens (tertiary/aromatic N) is 1. The summed E-state index contributed by atoms with van der Waals surface area (Å²) in [5.74, 6) is 2.19. The van der Waals surface area contributed by atoms with E-state index in [0.29, 0.717) is 12.0 Å². The average molecular weight is 301 g/mol. The Morgan fingerprint density at radius 2 is 2.00 bits per heavy atom. The van der Waals surface area contributed by atoms with E-state index in [-0.39, 0.29) is 0 Å². The molecule has 0 aromatic heterocycles. The van der Waals surface area contributed by atoms with Gasteiger partial charge < -0.3 is 4.90 Å². The van der Waals surface area contributed by atoms with E-state index in [4.69, 9.17) is 0 Å². The molecule has 2 aliphatic heterocycles. The van der Waals surface area contributed by atoms with Crippen LogP contribution in [0.4, 0.5) is 0 Å². The number of rotatable bonds is 4. The van der Waals surface area contributed by atoms with Gasteiger partial charge in [-0.25, -0.2) is 0 Å². The highest BCUT2D eigenvalue weighted by Crippen LogP contribution is 2.32. The van der Waals surface area contributed by atoms with E-state index < -0.39 is 0 Å². The fourth-order valence-corrected chi connectivity index (χ4v) is 4.20. The third kappa shape index (κ3) is 3.70. The van der Waals surface area contributed by atoms with E-state index in [2.05, 4.69) is 60.8 Å². The largest absolute Gasteiger partial charge is 0.303 e. The molecule has 2 unspecified atom stereocenters. The lowest BCUT2D eigenvalue weighted by Crippen LogP contribution is -2.44. The quantitative estimate of drug-likeness (QED) is 0.895. The van der Waals surface area contributed by atoms with E-state index >= 15 is 0 Å². The fraction of sp³-hybridized carbons (Fsp3) is 0.684. The molecule has 0 radical (unpaired) electrons. The molecule has 122 valence electrons. The Morgan fingerprint density at radius 3 is 2.68 bits per heavy atom. The Morgan fingerprint density at radius 1 is 1.23 bits per heavy atom. The van der Waals surface area contributed by atoms with E-state index in [1.807, 2.05) is 0 Å². The SMILES string of the molecule is Cc1cccc(C2CNNC2C2CCN(CC(C)C)CC2)c1. The third-order valence-electron chi connectivity index (χ3n) is 5.26. The minimum atomic E-state index is 0.586. The van der Waals surface area contributed by atoms with Crippen molar-refractivity contribution >= 4 is 0 Å². The Bertz CT molecular complexity index is 477. The van der Waals surface area contributed by atoms with Gasteiger partial charge >= 0.3 is 0 Å². The lowest BCUT2D eigenvalue weighted by atomic mass is 9.80. The monoisotopic (exact) mass is 301 g/mol. The van der Waals surface area contributed by atoms with Gasteiger partial charge in [0.2, 0.25) is 0 Å². The van der Waals surface area contributed by atoms with Crippen molar-refractivity contribution in [3.05, 3.63) is 35.4 Å². The summed E-state index contributed by atoms with van der Waals surface area (Å²) in [6.07, 6.45) is 2.66. The molecule has 1 aromatic carbocycles. The van der Waals surface area contributed by atoms with Crippen LogP contribution in [-0.2, 0) is 0 Å². The number of benzene rings is 1. The summed E-state index contributed by atoms with van der Waals surface area (Å²) in [6.45, 7) is 11.7. The summed E-state index contributed by atoms with van der Waals surface area (Å²) in [4.78, 5) is 2.64. The van der Waals surface area contributed by atoms with Crippen LogP contribution < -0.4 is 10.9 Å². The summed E-state index contributed by atoms with van der Waals surface area (Å²) < 4.78 is 0. The average Bonchev–Trinajstić information content (AvgIpc) is 2.97. The normalized spacial score (nSPS) is 27.6. The maximum atomic E-state index is 3.58. The summed E-state index contributed by atoms with van der Waals surface area (Å²) in [5, 5.41) is 0. The Labute approximate surface area is 135 Å². The van der Waals surface area contributed by atoms with Crippen molar-refractivity contribution in [2.75, 3.05) is 26.2 Å². The number of aryl methyl sites for hydroxylation is 1. The minimum Gasteiger partial charge on any atom is -0.303 e. The van der Waals surface area contributed by atoms with E-state index in [0.717, 1.165) is 18.4 Å². The summed E-state index contributed by atoms with van der Waals surface area (Å²) in [7, 11) is 0. The highest BCUT2D eigenvalue weighted by molar-refractivity contribution is 5.28. The molecule has 1 aromatic rings. The summed E-state index contributed by atoms with van der Waals surface area (Å²) in [5.41, 5.74) is 9.86. The lowest BCUT2D eigenvalue weighted by Gasteiger charge is -2.37. The van der Waals surface area contributed by atoms with Gasteiger partial charge in [-0.05, 0) is 50.3 Å². The Kier molecular flexibility index (Phi) is 5.17. The van der Waals surface area contributed by atoms with Crippen molar-refractivity contribution in [3.63, 3.8) is 0 Å². The van der Waals surface area contributed by atoms with E-state index in [1.54, 1.807) is 0 Å². The topological polar surface area (TPSA) is 27.3 Å². The zero-order valence-corrected chi connectivity index (χ0v) is 14.3. The van der Waals surface area contributed by atoms with Crippen LogP contribution in [0.1, 0.15) is 43.7 Å². The van der Waals surface area contributed by atoms with E-state index in [9.17, 15) is 0 Å². The molecule has 0 bridgehead atoms. The van der Waals surface area contributed by atoms with Crippen molar-refractivity contribution in [2.24, 2.45) is 11.8 Å². The second kappa shape index (κ2) is 7.12. The molecule has 0 saturated carbocycles. The number of piperidine rings is 1. The van der Waals surface area contributed by atoms with Crippen LogP contribution in [0.2, 0.25) is 0 Å². The standard InChI is InChI=1S/C19H31N3/c1-14(2)13-22-9-7-16(8-10-22)19-18(12-20-21-19)17-6-4-5-15(3)11-17/h4-6,11,14,16,18-21H,7-10,12-13H2,1-3H3. The van der Waals surface area contributed by atoms with Gasteiger partial charge in [0.15, 0.2) is 0 Å². The molecule has 3 rings (SSSR count). The van der Waals surface area contributed by atoms with Crippen molar-refractivity contribution in [3.8, 4) is 0 Å². The number of likely N-dealkylation sites (tertiary alicyclic amines) is 1. The van der Waals surface area contributed by atoms with Crippen LogP contribution in [0.5, 0.6) is 0 Å². The first kappa shape index (κ1) is 16.0. The van der Waals surface area contributed by atoms with Crippen LogP contribution in [0, 0.1) is 18.8 Å². The molecule has 2 saturated heterocycles. The fourth-order valence-electron chi connectivity index (χ4n) is 4.20. The molecule has 3 heteroatoms. The van der Waals surface area contributed by atoms with Crippen molar-refractivity contribution < 1.29 is 0 Å². The number of hydrogen-bond donors (Lipinski definition) is 2.